The Hall–Kier alpha value is -1.26. The number of nitrogens with zero attached hydrogens (tertiary/aromatic N) is 2. The van der Waals surface area contributed by atoms with Crippen LogP contribution >= 0.6 is 0 Å². The fourth-order valence-electron chi connectivity index (χ4n) is 5.10. The fourth-order valence-corrected chi connectivity index (χ4v) is 5.10. The summed E-state index contributed by atoms with van der Waals surface area (Å²) in [7, 11) is 1.74. The molecule has 3 fully saturated rings. The summed E-state index contributed by atoms with van der Waals surface area (Å²) in [6.45, 7) is 6.88. The minimum atomic E-state index is 0.663. The lowest BCUT2D eigenvalue weighted by Crippen LogP contribution is -2.49. The number of rotatable bonds is 6. The maximum atomic E-state index is 6.35. The summed E-state index contributed by atoms with van der Waals surface area (Å²) < 4.78 is 11.9. The number of piperidine rings is 2. The Bertz CT molecular complexity index is 584. The van der Waals surface area contributed by atoms with Crippen molar-refractivity contribution in [2.75, 3.05) is 39.9 Å². The summed E-state index contributed by atoms with van der Waals surface area (Å²) in [4.78, 5) is 5.24. The molecular formula is C22H34N2O2. The van der Waals surface area contributed by atoms with E-state index in [0.29, 0.717) is 5.92 Å². The Labute approximate surface area is 158 Å². The number of ether oxygens (including phenoxy) is 2. The highest BCUT2D eigenvalue weighted by molar-refractivity contribution is 5.43. The monoisotopic (exact) mass is 358 g/mol. The van der Waals surface area contributed by atoms with Crippen LogP contribution in [0.25, 0.3) is 0 Å². The quantitative estimate of drug-likeness (QED) is 0.769. The Morgan fingerprint density at radius 3 is 2.58 bits per heavy atom. The van der Waals surface area contributed by atoms with Gasteiger partial charge in [0.25, 0.3) is 0 Å². The van der Waals surface area contributed by atoms with Crippen molar-refractivity contribution < 1.29 is 9.47 Å². The van der Waals surface area contributed by atoms with Gasteiger partial charge in [-0.3, -0.25) is 9.80 Å². The number of benzene rings is 1. The summed E-state index contributed by atoms with van der Waals surface area (Å²) in [6, 6.07) is 7.21. The maximum absolute atomic E-state index is 6.35. The van der Waals surface area contributed by atoms with E-state index in [1.807, 2.05) is 0 Å². The predicted octanol–water partition coefficient (Wildman–Crippen LogP) is 3.93. The molecule has 1 aromatic rings. The first-order chi connectivity index (χ1) is 12.8. The van der Waals surface area contributed by atoms with Gasteiger partial charge in [-0.15, -0.1) is 0 Å². The van der Waals surface area contributed by atoms with E-state index in [-0.39, 0.29) is 0 Å². The second-order valence-corrected chi connectivity index (χ2v) is 8.28. The zero-order valence-corrected chi connectivity index (χ0v) is 16.3. The molecule has 3 aliphatic rings. The van der Waals surface area contributed by atoms with Crippen LogP contribution in [0.5, 0.6) is 11.5 Å². The highest BCUT2D eigenvalue weighted by Gasteiger charge is 2.33. The van der Waals surface area contributed by atoms with E-state index >= 15 is 0 Å². The molecule has 4 heteroatoms. The van der Waals surface area contributed by atoms with Gasteiger partial charge in [0.2, 0.25) is 0 Å². The fraction of sp³-hybridized carbons (Fsp3) is 0.727. The third-order valence-corrected chi connectivity index (χ3v) is 6.51. The molecule has 0 aliphatic carbocycles. The third-order valence-electron chi connectivity index (χ3n) is 6.51. The average Bonchev–Trinajstić information content (AvgIpc) is 3.19. The lowest BCUT2D eigenvalue weighted by molar-refractivity contribution is 0.0361. The van der Waals surface area contributed by atoms with Gasteiger partial charge in [0, 0.05) is 18.5 Å². The van der Waals surface area contributed by atoms with Crippen LogP contribution in [0.4, 0.5) is 0 Å². The van der Waals surface area contributed by atoms with Crippen molar-refractivity contribution in [3.63, 3.8) is 0 Å². The number of hydrogen-bond donors (Lipinski definition) is 0. The van der Waals surface area contributed by atoms with Gasteiger partial charge in [0.15, 0.2) is 11.5 Å². The van der Waals surface area contributed by atoms with Crippen molar-refractivity contribution in [2.45, 2.75) is 57.5 Å². The molecule has 0 unspecified atom stereocenters. The molecule has 4 nitrogen and oxygen atoms in total. The van der Waals surface area contributed by atoms with E-state index in [1.54, 1.807) is 7.11 Å². The molecule has 0 radical (unpaired) electrons. The highest BCUT2D eigenvalue weighted by Crippen LogP contribution is 2.34. The molecule has 2 atom stereocenters. The zero-order chi connectivity index (χ0) is 17.8. The molecule has 3 aliphatic heterocycles. The average molecular weight is 359 g/mol. The Morgan fingerprint density at radius 2 is 1.73 bits per heavy atom. The molecular weight excluding hydrogens is 324 g/mol. The van der Waals surface area contributed by atoms with Crippen LogP contribution in [0.2, 0.25) is 0 Å². The molecule has 0 amide bonds. The second kappa shape index (κ2) is 8.62. The molecule has 26 heavy (non-hydrogen) atoms. The van der Waals surface area contributed by atoms with E-state index in [2.05, 4.69) is 28.0 Å². The van der Waals surface area contributed by atoms with Gasteiger partial charge in [-0.2, -0.15) is 0 Å². The van der Waals surface area contributed by atoms with Crippen molar-refractivity contribution >= 4 is 0 Å². The van der Waals surface area contributed by atoms with E-state index in [4.69, 9.17) is 9.47 Å². The summed E-state index contributed by atoms with van der Waals surface area (Å²) >= 11 is 0. The zero-order valence-electron chi connectivity index (χ0n) is 16.3. The Kier molecular flexibility index (Phi) is 6.01. The standard InChI is InChI=1S/C22H34N2O2/c1-25-21-10-9-18(16-23-11-4-5-12-23)15-22(21)26-17-19-7-6-14-24-13-3-2-8-20(19)24/h9-10,15,19-20H,2-8,11-14,16-17H2,1H3/t19-,20+/m0/s1. The Morgan fingerprint density at radius 1 is 0.923 bits per heavy atom. The summed E-state index contributed by atoms with van der Waals surface area (Å²) in [6.07, 6.45) is 9.38. The second-order valence-electron chi connectivity index (χ2n) is 8.28. The first-order valence-corrected chi connectivity index (χ1v) is 10.6. The SMILES string of the molecule is COc1ccc(CN2CCCC2)cc1OC[C@@H]1CCCN2CCCC[C@H]12. The summed E-state index contributed by atoms with van der Waals surface area (Å²) in [5.74, 6) is 2.46. The molecule has 0 spiro atoms. The largest absolute Gasteiger partial charge is 0.493 e. The van der Waals surface area contributed by atoms with E-state index in [0.717, 1.165) is 30.7 Å². The van der Waals surface area contributed by atoms with E-state index in [1.165, 1.54) is 76.7 Å². The highest BCUT2D eigenvalue weighted by atomic mass is 16.5. The van der Waals surface area contributed by atoms with Crippen molar-refractivity contribution in [3.05, 3.63) is 23.8 Å². The normalized spacial score (nSPS) is 27.3. The number of hydrogen-bond acceptors (Lipinski definition) is 4. The van der Waals surface area contributed by atoms with Gasteiger partial charge in [0.1, 0.15) is 0 Å². The number of fused-ring (bicyclic) bond motifs is 1. The lowest BCUT2D eigenvalue weighted by Gasteiger charge is -2.44. The first-order valence-electron chi connectivity index (χ1n) is 10.6. The molecule has 0 bridgehead atoms. The van der Waals surface area contributed by atoms with Crippen LogP contribution in [-0.4, -0.2) is 55.7 Å². The van der Waals surface area contributed by atoms with Gasteiger partial charge in [-0.05, 0) is 82.4 Å². The predicted molar refractivity (Wildman–Crippen MR) is 105 cm³/mol. The lowest BCUT2D eigenvalue weighted by atomic mass is 9.84. The minimum Gasteiger partial charge on any atom is -0.493 e. The van der Waals surface area contributed by atoms with Crippen LogP contribution in [0.1, 0.15) is 50.5 Å². The number of methoxy groups -OCH3 is 1. The van der Waals surface area contributed by atoms with E-state index in [9.17, 15) is 0 Å². The van der Waals surface area contributed by atoms with E-state index < -0.39 is 0 Å². The molecule has 0 aromatic heterocycles. The van der Waals surface area contributed by atoms with Crippen LogP contribution in [-0.2, 0) is 6.54 Å². The maximum Gasteiger partial charge on any atom is 0.161 e. The summed E-state index contributed by atoms with van der Waals surface area (Å²) in [5, 5.41) is 0. The number of likely N-dealkylation sites (tertiary alicyclic amines) is 1. The third kappa shape index (κ3) is 4.17. The van der Waals surface area contributed by atoms with Gasteiger partial charge < -0.3 is 9.47 Å². The first kappa shape index (κ1) is 18.1. The van der Waals surface area contributed by atoms with Gasteiger partial charge >= 0.3 is 0 Å². The summed E-state index contributed by atoms with van der Waals surface area (Å²) in [5.41, 5.74) is 1.34. The van der Waals surface area contributed by atoms with Crippen molar-refractivity contribution in [3.8, 4) is 11.5 Å². The Balaban J connectivity index is 1.40. The van der Waals surface area contributed by atoms with Crippen LogP contribution in [0.3, 0.4) is 0 Å². The van der Waals surface area contributed by atoms with Gasteiger partial charge in [-0.1, -0.05) is 12.5 Å². The van der Waals surface area contributed by atoms with Crippen molar-refractivity contribution in [2.24, 2.45) is 5.92 Å². The van der Waals surface area contributed by atoms with Gasteiger partial charge in [0.05, 0.1) is 13.7 Å². The van der Waals surface area contributed by atoms with Crippen LogP contribution in [0, 0.1) is 5.92 Å². The smallest absolute Gasteiger partial charge is 0.161 e. The molecule has 3 heterocycles. The van der Waals surface area contributed by atoms with Crippen molar-refractivity contribution in [1.29, 1.82) is 0 Å². The topological polar surface area (TPSA) is 24.9 Å². The molecule has 0 N–H and O–H groups in total. The van der Waals surface area contributed by atoms with Gasteiger partial charge in [-0.25, -0.2) is 0 Å². The van der Waals surface area contributed by atoms with Crippen molar-refractivity contribution in [1.82, 2.24) is 9.80 Å². The molecule has 4 rings (SSSR count). The molecule has 3 saturated heterocycles. The van der Waals surface area contributed by atoms with Crippen LogP contribution in [0.15, 0.2) is 18.2 Å². The van der Waals surface area contributed by atoms with Crippen LogP contribution < -0.4 is 9.47 Å². The minimum absolute atomic E-state index is 0.663. The molecule has 0 saturated carbocycles. The molecule has 1 aromatic carbocycles. The molecule has 144 valence electrons.